The molecule has 2 rings (SSSR count). The Bertz CT molecular complexity index is 461. The number of esters is 1. The molecule has 2 aliphatic rings. The van der Waals surface area contributed by atoms with Crippen LogP contribution in [0.5, 0.6) is 0 Å². The van der Waals surface area contributed by atoms with Crippen LogP contribution in [0.25, 0.3) is 0 Å². The molecule has 2 atom stereocenters. The van der Waals surface area contributed by atoms with Crippen molar-refractivity contribution >= 4 is 11.9 Å². The summed E-state index contributed by atoms with van der Waals surface area (Å²) in [7, 11) is 3.24. The normalized spacial score (nSPS) is 26.1. The minimum atomic E-state index is -0.113. The third-order valence-corrected chi connectivity index (χ3v) is 5.82. The van der Waals surface area contributed by atoms with Crippen LogP contribution in [0.2, 0.25) is 0 Å². The summed E-state index contributed by atoms with van der Waals surface area (Å²) in [5, 5.41) is 3.41. The van der Waals surface area contributed by atoms with Gasteiger partial charge in [-0.1, -0.05) is 19.8 Å². The second kappa shape index (κ2) is 9.41. The van der Waals surface area contributed by atoms with Crippen molar-refractivity contribution in [2.24, 2.45) is 22.2 Å². The largest absolute Gasteiger partial charge is 0.469 e. The first-order valence-corrected chi connectivity index (χ1v) is 9.65. The highest BCUT2D eigenvalue weighted by molar-refractivity contribution is 5.82. The van der Waals surface area contributed by atoms with Crippen LogP contribution in [0.3, 0.4) is 0 Å². The van der Waals surface area contributed by atoms with Gasteiger partial charge in [0, 0.05) is 39.9 Å². The number of carbonyl (C=O) groups excluding carboxylic acids is 1. The van der Waals surface area contributed by atoms with Crippen molar-refractivity contribution in [3.05, 3.63) is 0 Å². The first-order chi connectivity index (χ1) is 12.0. The van der Waals surface area contributed by atoms with Gasteiger partial charge in [0.05, 0.1) is 13.0 Å². The van der Waals surface area contributed by atoms with E-state index in [1.807, 2.05) is 0 Å². The summed E-state index contributed by atoms with van der Waals surface area (Å²) in [5.74, 6) is 1.04. The van der Waals surface area contributed by atoms with Crippen LogP contribution in [0.1, 0.15) is 46.0 Å². The fraction of sp³-hybridized carbons (Fsp3) is 0.895. The molecule has 6 nitrogen and oxygen atoms in total. The average Bonchev–Trinajstić information content (AvgIpc) is 3.23. The molecule has 2 unspecified atom stereocenters. The first kappa shape index (κ1) is 20.0. The minimum Gasteiger partial charge on any atom is -0.469 e. The van der Waals surface area contributed by atoms with E-state index in [0.29, 0.717) is 6.54 Å². The van der Waals surface area contributed by atoms with Crippen LogP contribution >= 0.6 is 0 Å². The van der Waals surface area contributed by atoms with Crippen LogP contribution in [0, 0.1) is 17.3 Å². The van der Waals surface area contributed by atoms with E-state index < -0.39 is 0 Å². The Morgan fingerprint density at radius 1 is 1.28 bits per heavy atom. The van der Waals surface area contributed by atoms with Crippen molar-refractivity contribution in [3.63, 3.8) is 0 Å². The van der Waals surface area contributed by atoms with E-state index in [1.54, 1.807) is 7.11 Å². The molecule has 0 spiro atoms. The van der Waals surface area contributed by atoms with Crippen LogP contribution in [0.4, 0.5) is 0 Å². The van der Waals surface area contributed by atoms with Crippen LogP contribution < -0.4 is 5.32 Å². The number of hydrogen-bond donors (Lipinski definition) is 1. The van der Waals surface area contributed by atoms with Gasteiger partial charge in [0.25, 0.3) is 0 Å². The number of methoxy groups -OCH3 is 2. The van der Waals surface area contributed by atoms with E-state index >= 15 is 0 Å². The SMILES string of the molecule is CCNC(=NCC1(CCOC)CCCC1)N1CC(C)C(C(=O)OC)C1. The van der Waals surface area contributed by atoms with Gasteiger partial charge in [0.2, 0.25) is 0 Å². The van der Waals surface area contributed by atoms with Crippen molar-refractivity contribution < 1.29 is 14.3 Å². The second-order valence-electron chi connectivity index (χ2n) is 7.63. The van der Waals surface area contributed by atoms with E-state index in [2.05, 4.69) is 24.1 Å². The molecule has 144 valence electrons. The average molecular weight is 354 g/mol. The summed E-state index contributed by atoms with van der Waals surface area (Å²) in [6.45, 7) is 8.20. The summed E-state index contributed by atoms with van der Waals surface area (Å²) >= 11 is 0. The number of ether oxygens (including phenoxy) is 2. The number of likely N-dealkylation sites (tertiary alicyclic amines) is 1. The van der Waals surface area contributed by atoms with Crippen molar-refractivity contribution in [2.45, 2.75) is 46.0 Å². The van der Waals surface area contributed by atoms with Crippen LogP contribution in [-0.4, -0.2) is 63.8 Å². The Morgan fingerprint density at radius 2 is 2.00 bits per heavy atom. The highest BCUT2D eigenvalue weighted by Gasteiger charge is 2.38. The molecule has 2 fully saturated rings. The number of nitrogens with zero attached hydrogens (tertiary/aromatic N) is 2. The van der Waals surface area contributed by atoms with Crippen LogP contribution in [-0.2, 0) is 14.3 Å². The molecule has 0 amide bonds. The molecule has 0 radical (unpaired) electrons. The molecule has 6 heteroatoms. The van der Waals surface area contributed by atoms with E-state index in [-0.39, 0.29) is 23.2 Å². The number of carbonyl (C=O) groups is 1. The third kappa shape index (κ3) is 5.09. The molecular weight excluding hydrogens is 318 g/mol. The number of guanidine groups is 1. The molecule has 1 N–H and O–H groups in total. The van der Waals surface area contributed by atoms with Gasteiger partial charge < -0.3 is 19.7 Å². The van der Waals surface area contributed by atoms with Crippen molar-refractivity contribution in [2.75, 3.05) is 47.0 Å². The lowest BCUT2D eigenvalue weighted by Crippen LogP contribution is -2.41. The molecule has 1 heterocycles. The quantitative estimate of drug-likeness (QED) is 0.432. The Morgan fingerprint density at radius 3 is 2.60 bits per heavy atom. The molecule has 1 aliphatic carbocycles. The van der Waals surface area contributed by atoms with Crippen LogP contribution in [0.15, 0.2) is 4.99 Å². The Balaban J connectivity index is 2.06. The molecule has 0 aromatic heterocycles. The van der Waals surface area contributed by atoms with Gasteiger partial charge in [-0.15, -0.1) is 0 Å². The predicted molar refractivity (Wildman–Crippen MR) is 99.6 cm³/mol. The Kier molecular flexibility index (Phi) is 7.54. The molecular formula is C19H35N3O3. The maximum absolute atomic E-state index is 12.0. The summed E-state index contributed by atoms with van der Waals surface area (Å²) in [6.07, 6.45) is 6.14. The molecule has 1 aliphatic heterocycles. The smallest absolute Gasteiger partial charge is 0.310 e. The monoisotopic (exact) mass is 353 g/mol. The zero-order valence-corrected chi connectivity index (χ0v) is 16.3. The molecule has 0 aromatic carbocycles. The van der Waals surface area contributed by atoms with Gasteiger partial charge >= 0.3 is 5.97 Å². The van der Waals surface area contributed by atoms with Gasteiger partial charge in [-0.25, -0.2) is 0 Å². The van der Waals surface area contributed by atoms with Gasteiger partial charge in [0.1, 0.15) is 0 Å². The van der Waals surface area contributed by atoms with Gasteiger partial charge in [-0.2, -0.15) is 0 Å². The van der Waals surface area contributed by atoms with Crippen molar-refractivity contribution in [3.8, 4) is 0 Å². The fourth-order valence-electron chi connectivity index (χ4n) is 4.20. The van der Waals surface area contributed by atoms with E-state index in [0.717, 1.165) is 38.6 Å². The summed E-state index contributed by atoms with van der Waals surface area (Å²) < 4.78 is 10.3. The maximum atomic E-state index is 12.0. The van der Waals surface area contributed by atoms with E-state index in [4.69, 9.17) is 14.5 Å². The number of aliphatic imine (C=N–C) groups is 1. The second-order valence-corrected chi connectivity index (χ2v) is 7.63. The first-order valence-electron chi connectivity index (χ1n) is 9.65. The zero-order chi connectivity index (χ0) is 18.3. The predicted octanol–water partition coefficient (Wildman–Crippen LogP) is 2.29. The topological polar surface area (TPSA) is 63.2 Å². The summed E-state index contributed by atoms with van der Waals surface area (Å²) in [5.41, 5.74) is 0.282. The molecule has 0 aromatic rings. The van der Waals surface area contributed by atoms with Crippen molar-refractivity contribution in [1.29, 1.82) is 0 Å². The molecule has 1 saturated carbocycles. The Hall–Kier alpha value is -1.30. The molecule has 1 saturated heterocycles. The van der Waals surface area contributed by atoms with E-state index in [9.17, 15) is 4.79 Å². The lowest BCUT2D eigenvalue weighted by atomic mass is 9.83. The van der Waals surface area contributed by atoms with Gasteiger partial charge in [-0.05, 0) is 37.5 Å². The standard InChI is InChI=1S/C19H35N3O3/c1-5-20-18(22-12-15(2)16(13-22)17(23)25-4)21-14-19(10-11-24-3)8-6-7-9-19/h15-16H,5-14H2,1-4H3,(H,20,21). The maximum Gasteiger partial charge on any atom is 0.310 e. The van der Waals surface area contributed by atoms with Gasteiger partial charge in [-0.3, -0.25) is 9.79 Å². The number of nitrogens with one attached hydrogen (secondary N) is 1. The number of hydrogen-bond acceptors (Lipinski definition) is 4. The molecule has 25 heavy (non-hydrogen) atoms. The van der Waals surface area contributed by atoms with Crippen molar-refractivity contribution in [1.82, 2.24) is 10.2 Å². The summed E-state index contributed by atoms with van der Waals surface area (Å²) in [4.78, 5) is 19.2. The minimum absolute atomic E-state index is 0.0669. The van der Waals surface area contributed by atoms with E-state index in [1.165, 1.54) is 32.8 Å². The lowest BCUT2D eigenvalue weighted by molar-refractivity contribution is -0.145. The zero-order valence-electron chi connectivity index (χ0n) is 16.3. The Labute approximate surface area is 152 Å². The third-order valence-electron chi connectivity index (χ3n) is 5.82. The summed E-state index contributed by atoms with van der Waals surface area (Å²) in [6, 6.07) is 0. The fourth-order valence-corrected chi connectivity index (χ4v) is 4.20. The molecule has 0 bridgehead atoms. The highest BCUT2D eigenvalue weighted by atomic mass is 16.5. The van der Waals surface area contributed by atoms with Gasteiger partial charge in [0.15, 0.2) is 5.96 Å². The highest BCUT2D eigenvalue weighted by Crippen LogP contribution is 2.41. The number of rotatable bonds is 7. The lowest BCUT2D eigenvalue weighted by Gasteiger charge is -2.28.